The molecule has 3 saturated carbocycles. The lowest BCUT2D eigenvalue weighted by Crippen LogP contribution is -2.54. The SMILES string of the molecule is C[C@H]1CC[C@@H]2[C@H]1[C@H]1[C@H](O)CC[C@]12C. The highest BCUT2D eigenvalue weighted by atomic mass is 16.3. The quantitative estimate of drug-likeness (QED) is 0.607. The summed E-state index contributed by atoms with van der Waals surface area (Å²) in [6.07, 6.45) is 5.24. The Morgan fingerprint density at radius 2 is 2.00 bits per heavy atom. The summed E-state index contributed by atoms with van der Waals surface area (Å²) in [4.78, 5) is 0. The minimum absolute atomic E-state index is 0.0341. The molecular weight excluding hydrogens is 160 g/mol. The molecule has 0 spiro atoms. The van der Waals surface area contributed by atoms with Crippen LogP contribution in [0.15, 0.2) is 0 Å². The van der Waals surface area contributed by atoms with E-state index in [4.69, 9.17) is 0 Å². The summed E-state index contributed by atoms with van der Waals surface area (Å²) in [5.74, 6) is 3.39. The fourth-order valence-corrected chi connectivity index (χ4v) is 4.85. The third-order valence-electron chi connectivity index (χ3n) is 5.47. The number of fused-ring (bicyclic) bond motifs is 4. The summed E-state index contributed by atoms with van der Waals surface area (Å²) in [5.41, 5.74) is 0.537. The molecule has 1 heteroatoms. The first-order valence-corrected chi connectivity index (χ1v) is 5.82. The second kappa shape index (κ2) is 2.31. The van der Waals surface area contributed by atoms with E-state index in [9.17, 15) is 5.11 Å². The van der Waals surface area contributed by atoms with Gasteiger partial charge in [-0.25, -0.2) is 0 Å². The molecule has 0 aromatic carbocycles. The van der Waals surface area contributed by atoms with Gasteiger partial charge in [0.2, 0.25) is 0 Å². The molecule has 0 saturated heterocycles. The van der Waals surface area contributed by atoms with Crippen molar-refractivity contribution < 1.29 is 5.11 Å². The highest BCUT2D eigenvalue weighted by Crippen LogP contribution is 2.70. The summed E-state index contributed by atoms with van der Waals surface area (Å²) in [6, 6.07) is 0. The van der Waals surface area contributed by atoms with Gasteiger partial charge in [-0.1, -0.05) is 20.3 Å². The number of rotatable bonds is 0. The van der Waals surface area contributed by atoms with Gasteiger partial charge in [0.15, 0.2) is 0 Å². The number of aliphatic hydroxyl groups excluding tert-OH is 1. The lowest BCUT2D eigenvalue weighted by Gasteiger charge is -2.56. The molecular formula is C12H20O. The zero-order valence-corrected chi connectivity index (χ0v) is 8.66. The van der Waals surface area contributed by atoms with E-state index in [1.807, 2.05) is 0 Å². The maximum absolute atomic E-state index is 9.95. The molecule has 1 nitrogen and oxygen atoms in total. The largest absolute Gasteiger partial charge is 0.393 e. The second-order valence-electron chi connectivity index (χ2n) is 5.88. The van der Waals surface area contributed by atoms with Crippen molar-refractivity contribution >= 4 is 0 Å². The van der Waals surface area contributed by atoms with E-state index in [0.29, 0.717) is 11.3 Å². The van der Waals surface area contributed by atoms with Gasteiger partial charge in [0, 0.05) is 0 Å². The molecule has 0 unspecified atom stereocenters. The topological polar surface area (TPSA) is 20.2 Å². The third kappa shape index (κ3) is 0.782. The third-order valence-corrected chi connectivity index (χ3v) is 5.47. The molecule has 13 heavy (non-hydrogen) atoms. The summed E-state index contributed by atoms with van der Waals surface area (Å²) < 4.78 is 0. The second-order valence-corrected chi connectivity index (χ2v) is 5.88. The van der Waals surface area contributed by atoms with Crippen LogP contribution in [-0.4, -0.2) is 11.2 Å². The maximum Gasteiger partial charge on any atom is 0.0576 e. The van der Waals surface area contributed by atoms with Crippen molar-refractivity contribution in [3.8, 4) is 0 Å². The minimum atomic E-state index is 0.0341. The Morgan fingerprint density at radius 1 is 1.23 bits per heavy atom. The smallest absolute Gasteiger partial charge is 0.0576 e. The standard InChI is InChI=1S/C12H20O/c1-7-3-4-8-10(7)11-9(13)5-6-12(8,11)2/h7-11,13H,3-6H2,1-2H3/t7-,8+,9+,10-,11+,12-/m0/s1. The van der Waals surface area contributed by atoms with Gasteiger partial charge in [0.1, 0.15) is 0 Å². The van der Waals surface area contributed by atoms with Gasteiger partial charge in [-0.05, 0) is 48.3 Å². The van der Waals surface area contributed by atoms with Crippen LogP contribution in [0.3, 0.4) is 0 Å². The predicted octanol–water partition coefficient (Wildman–Crippen LogP) is 2.44. The first-order valence-electron chi connectivity index (χ1n) is 5.82. The van der Waals surface area contributed by atoms with E-state index in [0.717, 1.165) is 24.2 Å². The zero-order chi connectivity index (χ0) is 9.22. The molecule has 1 N–H and O–H groups in total. The normalized spacial score (nSPS) is 64.4. The van der Waals surface area contributed by atoms with Crippen LogP contribution in [0, 0.1) is 29.1 Å². The summed E-state index contributed by atoms with van der Waals surface area (Å²) in [6.45, 7) is 4.81. The van der Waals surface area contributed by atoms with Gasteiger partial charge >= 0.3 is 0 Å². The Morgan fingerprint density at radius 3 is 2.77 bits per heavy atom. The van der Waals surface area contributed by atoms with Crippen molar-refractivity contribution in [2.75, 3.05) is 0 Å². The number of aliphatic hydroxyl groups is 1. The first kappa shape index (κ1) is 8.28. The molecule has 0 heterocycles. The summed E-state index contributed by atoms with van der Waals surface area (Å²) >= 11 is 0. The average molecular weight is 180 g/mol. The van der Waals surface area contributed by atoms with E-state index in [1.165, 1.54) is 19.3 Å². The van der Waals surface area contributed by atoms with Crippen LogP contribution in [-0.2, 0) is 0 Å². The van der Waals surface area contributed by atoms with Crippen molar-refractivity contribution in [1.29, 1.82) is 0 Å². The van der Waals surface area contributed by atoms with Crippen LogP contribution in [0.5, 0.6) is 0 Å². The Kier molecular flexibility index (Phi) is 1.47. The Hall–Kier alpha value is -0.0400. The fraction of sp³-hybridized carbons (Fsp3) is 1.00. The Bertz CT molecular complexity index is 237. The van der Waals surface area contributed by atoms with Gasteiger partial charge in [-0.3, -0.25) is 0 Å². The Labute approximate surface area is 80.5 Å². The van der Waals surface area contributed by atoms with E-state index >= 15 is 0 Å². The molecule has 3 aliphatic carbocycles. The molecule has 0 aromatic heterocycles. The van der Waals surface area contributed by atoms with Crippen molar-refractivity contribution in [3.05, 3.63) is 0 Å². The molecule has 3 fully saturated rings. The monoisotopic (exact) mass is 180 g/mol. The lowest BCUT2D eigenvalue weighted by atomic mass is 9.48. The molecule has 0 aliphatic heterocycles. The van der Waals surface area contributed by atoms with Crippen LogP contribution >= 0.6 is 0 Å². The van der Waals surface area contributed by atoms with Gasteiger partial charge in [0.25, 0.3) is 0 Å². The molecule has 0 aromatic rings. The molecule has 74 valence electrons. The van der Waals surface area contributed by atoms with E-state index in [2.05, 4.69) is 13.8 Å². The van der Waals surface area contributed by atoms with Crippen LogP contribution in [0.4, 0.5) is 0 Å². The van der Waals surface area contributed by atoms with Crippen LogP contribution in [0.25, 0.3) is 0 Å². The molecule has 3 aliphatic rings. The van der Waals surface area contributed by atoms with Crippen molar-refractivity contribution in [3.63, 3.8) is 0 Å². The summed E-state index contributed by atoms with van der Waals surface area (Å²) in [7, 11) is 0. The van der Waals surface area contributed by atoms with Crippen LogP contribution < -0.4 is 0 Å². The molecule has 0 amide bonds. The Balaban J connectivity index is 1.92. The van der Waals surface area contributed by atoms with E-state index < -0.39 is 0 Å². The molecule has 3 rings (SSSR count). The van der Waals surface area contributed by atoms with E-state index in [-0.39, 0.29) is 6.10 Å². The van der Waals surface area contributed by atoms with E-state index in [1.54, 1.807) is 0 Å². The zero-order valence-electron chi connectivity index (χ0n) is 8.66. The van der Waals surface area contributed by atoms with Gasteiger partial charge in [-0.2, -0.15) is 0 Å². The maximum atomic E-state index is 9.95. The van der Waals surface area contributed by atoms with Crippen LogP contribution in [0.1, 0.15) is 39.5 Å². The minimum Gasteiger partial charge on any atom is -0.393 e. The molecule has 0 radical (unpaired) electrons. The van der Waals surface area contributed by atoms with Crippen LogP contribution in [0.2, 0.25) is 0 Å². The van der Waals surface area contributed by atoms with Gasteiger partial charge < -0.3 is 5.11 Å². The number of hydrogen-bond donors (Lipinski definition) is 1. The van der Waals surface area contributed by atoms with Gasteiger partial charge in [0.05, 0.1) is 6.10 Å². The number of hydrogen-bond acceptors (Lipinski definition) is 1. The van der Waals surface area contributed by atoms with Crippen molar-refractivity contribution in [2.24, 2.45) is 29.1 Å². The lowest BCUT2D eigenvalue weighted by molar-refractivity contribution is -0.120. The van der Waals surface area contributed by atoms with Crippen molar-refractivity contribution in [2.45, 2.75) is 45.6 Å². The molecule has 0 bridgehead atoms. The highest BCUT2D eigenvalue weighted by Gasteiger charge is 2.66. The fourth-order valence-electron chi connectivity index (χ4n) is 4.85. The average Bonchev–Trinajstić information content (AvgIpc) is 2.50. The highest BCUT2D eigenvalue weighted by molar-refractivity contribution is 5.14. The molecule has 6 atom stereocenters. The summed E-state index contributed by atoms with van der Waals surface area (Å²) in [5, 5.41) is 9.95. The van der Waals surface area contributed by atoms with Crippen molar-refractivity contribution in [1.82, 2.24) is 0 Å². The predicted molar refractivity (Wildman–Crippen MR) is 52.2 cm³/mol. The van der Waals surface area contributed by atoms with Gasteiger partial charge in [-0.15, -0.1) is 0 Å². The first-order chi connectivity index (χ1) is 6.14.